The van der Waals surface area contributed by atoms with Gasteiger partial charge in [0.05, 0.1) is 25.9 Å². The van der Waals surface area contributed by atoms with Crippen LogP contribution in [0.2, 0.25) is 0 Å². The highest BCUT2D eigenvalue weighted by atomic mass is 16.5. The average molecular weight is 289 g/mol. The lowest BCUT2D eigenvalue weighted by Crippen LogP contribution is -2.48. The molecule has 2 heterocycles. The number of hydrogen-bond donors (Lipinski definition) is 1. The van der Waals surface area contributed by atoms with Gasteiger partial charge in [-0.1, -0.05) is 0 Å². The minimum atomic E-state index is -0.0879. The molecule has 1 aliphatic heterocycles. The van der Waals surface area contributed by atoms with Crippen LogP contribution in [0.4, 0.5) is 0 Å². The second kappa shape index (κ2) is 5.79. The van der Waals surface area contributed by atoms with Crippen molar-refractivity contribution in [2.45, 2.75) is 39.5 Å². The van der Waals surface area contributed by atoms with Crippen LogP contribution in [0.1, 0.15) is 23.8 Å². The van der Waals surface area contributed by atoms with Crippen molar-refractivity contribution in [3.8, 4) is 0 Å². The summed E-state index contributed by atoms with van der Waals surface area (Å²) < 4.78 is 11.6. The number of nitrogens with zero attached hydrogens (tertiary/aromatic N) is 1. The lowest BCUT2D eigenvalue weighted by Gasteiger charge is -2.36. The molecule has 0 radical (unpaired) electrons. The molecule has 1 N–H and O–H groups in total. The summed E-state index contributed by atoms with van der Waals surface area (Å²) in [5, 5.41) is 10.4. The van der Waals surface area contributed by atoms with Crippen LogP contribution < -0.4 is 0 Å². The monoisotopic (exact) mass is 289 g/mol. The van der Waals surface area contributed by atoms with E-state index < -0.39 is 0 Å². The molecule has 2 unspecified atom stereocenters. The zero-order chi connectivity index (χ0) is 15.0. The van der Waals surface area contributed by atoms with E-state index in [0.717, 1.165) is 29.8 Å². The quantitative estimate of drug-likeness (QED) is 0.943. The van der Waals surface area contributed by atoms with Crippen molar-refractivity contribution in [1.82, 2.24) is 4.90 Å². The predicted molar refractivity (Wildman–Crippen MR) is 82.4 cm³/mol. The van der Waals surface area contributed by atoms with Crippen LogP contribution in [0.15, 0.2) is 22.6 Å². The first-order chi connectivity index (χ1) is 10.1. The molecule has 4 heteroatoms. The van der Waals surface area contributed by atoms with Gasteiger partial charge in [-0.15, -0.1) is 0 Å². The van der Waals surface area contributed by atoms with Gasteiger partial charge in [0, 0.05) is 18.0 Å². The normalized spacial score (nSPS) is 23.8. The van der Waals surface area contributed by atoms with E-state index in [1.165, 1.54) is 11.1 Å². The van der Waals surface area contributed by atoms with Crippen LogP contribution in [0, 0.1) is 13.8 Å². The second-order valence-corrected chi connectivity index (χ2v) is 6.10. The van der Waals surface area contributed by atoms with E-state index in [9.17, 15) is 5.11 Å². The number of morpholine rings is 1. The number of benzene rings is 1. The molecule has 1 aromatic heterocycles. The van der Waals surface area contributed by atoms with Gasteiger partial charge in [-0.05, 0) is 50.1 Å². The van der Waals surface area contributed by atoms with Crippen LogP contribution in [0.25, 0.3) is 11.0 Å². The van der Waals surface area contributed by atoms with E-state index >= 15 is 0 Å². The van der Waals surface area contributed by atoms with Gasteiger partial charge < -0.3 is 14.3 Å². The molecule has 21 heavy (non-hydrogen) atoms. The average Bonchev–Trinajstić information content (AvgIpc) is 2.83. The topological polar surface area (TPSA) is 45.8 Å². The van der Waals surface area contributed by atoms with E-state index in [2.05, 4.69) is 43.9 Å². The van der Waals surface area contributed by atoms with E-state index in [-0.39, 0.29) is 12.7 Å². The smallest absolute Gasteiger partial charge is 0.134 e. The van der Waals surface area contributed by atoms with Crippen molar-refractivity contribution in [2.24, 2.45) is 0 Å². The SMILES string of the molecule is Cc1cc2cc(CN3CC(CO)OCC3C)oc2cc1C. The fourth-order valence-corrected chi connectivity index (χ4v) is 2.84. The van der Waals surface area contributed by atoms with Gasteiger partial charge in [0.1, 0.15) is 11.3 Å². The van der Waals surface area contributed by atoms with Crippen molar-refractivity contribution in [1.29, 1.82) is 0 Å². The van der Waals surface area contributed by atoms with Crippen molar-refractivity contribution >= 4 is 11.0 Å². The number of aliphatic hydroxyl groups excluding tert-OH is 1. The highest BCUT2D eigenvalue weighted by Crippen LogP contribution is 2.25. The minimum Gasteiger partial charge on any atom is -0.460 e. The van der Waals surface area contributed by atoms with Gasteiger partial charge in [-0.3, -0.25) is 4.90 Å². The van der Waals surface area contributed by atoms with Crippen LogP contribution in [0.3, 0.4) is 0 Å². The maximum absolute atomic E-state index is 9.26. The van der Waals surface area contributed by atoms with Crippen molar-refractivity contribution in [2.75, 3.05) is 19.8 Å². The van der Waals surface area contributed by atoms with E-state index in [0.29, 0.717) is 12.6 Å². The fraction of sp³-hybridized carbons (Fsp3) is 0.529. The van der Waals surface area contributed by atoms with Crippen LogP contribution in [-0.2, 0) is 11.3 Å². The number of rotatable bonds is 3. The number of aliphatic hydroxyl groups is 1. The molecule has 114 valence electrons. The van der Waals surface area contributed by atoms with Gasteiger partial charge >= 0.3 is 0 Å². The third-order valence-corrected chi connectivity index (χ3v) is 4.38. The van der Waals surface area contributed by atoms with Gasteiger partial charge in [0.15, 0.2) is 0 Å². The Morgan fingerprint density at radius 2 is 2.00 bits per heavy atom. The summed E-state index contributed by atoms with van der Waals surface area (Å²) >= 11 is 0. The molecule has 2 aromatic rings. The molecule has 1 aliphatic rings. The van der Waals surface area contributed by atoms with Crippen LogP contribution in [0.5, 0.6) is 0 Å². The Morgan fingerprint density at radius 1 is 1.24 bits per heavy atom. The molecule has 0 spiro atoms. The molecule has 0 saturated carbocycles. The number of hydrogen-bond acceptors (Lipinski definition) is 4. The number of aryl methyl sites for hydroxylation is 2. The summed E-state index contributed by atoms with van der Waals surface area (Å²) in [7, 11) is 0. The third kappa shape index (κ3) is 2.98. The summed E-state index contributed by atoms with van der Waals surface area (Å²) in [6.07, 6.45) is -0.0879. The Kier molecular flexibility index (Phi) is 4.02. The predicted octanol–water partition coefficient (Wildman–Crippen LogP) is 2.63. The Morgan fingerprint density at radius 3 is 2.76 bits per heavy atom. The molecular weight excluding hydrogens is 266 g/mol. The van der Waals surface area contributed by atoms with Gasteiger partial charge in [0.25, 0.3) is 0 Å². The zero-order valence-electron chi connectivity index (χ0n) is 12.9. The Bertz CT molecular complexity index is 595. The highest BCUT2D eigenvalue weighted by molar-refractivity contribution is 5.79. The summed E-state index contributed by atoms with van der Waals surface area (Å²) in [6, 6.07) is 6.74. The maximum atomic E-state index is 9.26. The van der Waals surface area contributed by atoms with E-state index in [4.69, 9.17) is 9.15 Å². The van der Waals surface area contributed by atoms with Crippen LogP contribution >= 0.6 is 0 Å². The second-order valence-electron chi connectivity index (χ2n) is 6.10. The zero-order valence-corrected chi connectivity index (χ0v) is 12.9. The van der Waals surface area contributed by atoms with E-state index in [1.54, 1.807) is 0 Å². The summed E-state index contributed by atoms with van der Waals surface area (Å²) in [5.74, 6) is 0.973. The van der Waals surface area contributed by atoms with Gasteiger partial charge in [-0.25, -0.2) is 0 Å². The first-order valence-electron chi connectivity index (χ1n) is 7.53. The third-order valence-electron chi connectivity index (χ3n) is 4.38. The maximum Gasteiger partial charge on any atom is 0.134 e. The molecule has 0 amide bonds. The Labute approximate surface area is 125 Å². The molecule has 0 aliphatic carbocycles. The van der Waals surface area contributed by atoms with Crippen molar-refractivity contribution < 1.29 is 14.3 Å². The van der Waals surface area contributed by atoms with Gasteiger partial charge in [0.2, 0.25) is 0 Å². The number of furan rings is 1. The van der Waals surface area contributed by atoms with E-state index in [1.807, 2.05) is 0 Å². The number of fused-ring (bicyclic) bond motifs is 1. The molecule has 2 atom stereocenters. The summed E-state index contributed by atoms with van der Waals surface area (Å²) in [6.45, 7) is 8.60. The summed E-state index contributed by atoms with van der Waals surface area (Å²) in [5.41, 5.74) is 3.49. The summed E-state index contributed by atoms with van der Waals surface area (Å²) in [4.78, 5) is 2.31. The molecular formula is C17H23NO3. The molecule has 1 fully saturated rings. The first kappa shape index (κ1) is 14.6. The van der Waals surface area contributed by atoms with Gasteiger partial charge in [-0.2, -0.15) is 0 Å². The Hall–Kier alpha value is -1.36. The Balaban J connectivity index is 1.80. The van der Waals surface area contributed by atoms with Crippen LogP contribution in [-0.4, -0.2) is 41.9 Å². The molecule has 0 bridgehead atoms. The molecule has 4 nitrogen and oxygen atoms in total. The molecule has 3 rings (SSSR count). The highest BCUT2D eigenvalue weighted by Gasteiger charge is 2.26. The van der Waals surface area contributed by atoms with Crippen molar-refractivity contribution in [3.05, 3.63) is 35.1 Å². The lowest BCUT2D eigenvalue weighted by molar-refractivity contribution is -0.0819. The minimum absolute atomic E-state index is 0.0712. The largest absolute Gasteiger partial charge is 0.460 e. The standard InChI is InChI=1S/C17H23NO3/c1-11-4-14-6-15(21-17(14)5-12(11)2)7-18-8-16(9-19)20-10-13(18)3/h4-6,13,16,19H,7-10H2,1-3H3. The first-order valence-corrected chi connectivity index (χ1v) is 7.53. The molecule has 1 aromatic carbocycles. The van der Waals surface area contributed by atoms with Crippen molar-refractivity contribution in [3.63, 3.8) is 0 Å². The lowest BCUT2D eigenvalue weighted by atomic mass is 10.1. The fourth-order valence-electron chi connectivity index (χ4n) is 2.84. The molecule has 1 saturated heterocycles. The number of ether oxygens (including phenoxy) is 1.